The molecule has 0 bridgehead atoms. The van der Waals surface area contributed by atoms with Gasteiger partial charge in [0.2, 0.25) is 5.91 Å². The number of amides is 1. The minimum atomic E-state index is -0.0275. The zero-order chi connectivity index (χ0) is 15.5. The van der Waals surface area contributed by atoms with Gasteiger partial charge in [0, 0.05) is 16.5 Å². The molecule has 1 saturated carbocycles. The Kier molecular flexibility index (Phi) is 4.25. The first-order valence-electron chi connectivity index (χ1n) is 7.31. The highest BCUT2D eigenvalue weighted by Gasteiger charge is 2.43. The Hall–Kier alpha value is -2.13. The van der Waals surface area contributed by atoms with Crippen LogP contribution in [0.4, 0.5) is 0 Å². The van der Waals surface area contributed by atoms with Gasteiger partial charge >= 0.3 is 0 Å². The fraction of sp³-hybridized carbons (Fsp3) is 0.222. The normalized spacial score (nSPS) is 20.5. The predicted octanol–water partition coefficient (Wildman–Crippen LogP) is 3.98. The number of hydrazone groups is 1. The average Bonchev–Trinajstić information content (AvgIpc) is 3.34. The summed E-state index contributed by atoms with van der Waals surface area (Å²) in [5, 5.41) is 4.81. The molecule has 0 spiro atoms. The highest BCUT2D eigenvalue weighted by atomic mass is 35.5. The topological polar surface area (TPSA) is 41.5 Å². The van der Waals surface area contributed by atoms with Crippen molar-refractivity contribution in [3.63, 3.8) is 0 Å². The van der Waals surface area contributed by atoms with E-state index >= 15 is 0 Å². The smallest absolute Gasteiger partial charge is 0.243 e. The van der Waals surface area contributed by atoms with Gasteiger partial charge in [0.15, 0.2) is 0 Å². The molecule has 0 aliphatic heterocycles. The number of carbonyl (C=O) groups excluding carboxylic acids is 1. The van der Waals surface area contributed by atoms with E-state index in [1.165, 1.54) is 5.56 Å². The molecule has 2 aromatic carbocycles. The molecular formula is C18H17ClN2O. The van der Waals surface area contributed by atoms with Crippen LogP contribution in [0.25, 0.3) is 0 Å². The molecule has 1 N–H and O–H groups in total. The summed E-state index contributed by atoms with van der Waals surface area (Å²) in [6.07, 6.45) is 0.885. The quantitative estimate of drug-likeness (QED) is 0.673. The second-order valence-electron chi connectivity index (χ2n) is 5.51. The van der Waals surface area contributed by atoms with Crippen molar-refractivity contribution in [2.45, 2.75) is 19.3 Å². The van der Waals surface area contributed by atoms with Crippen molar-refractivity contribution in [2.75, 3.05) is 0 Å². The standard InChI is InChI=1S/C18H17ClN2O/c1-12(14-9-5-6-10-17(14)19)20-21-18(22)16-11-15(16)13-7-3-2-4-8-13/h2-10,15-16H,11H2,1H3,(H,21,22)/b20-12+/t15-,16-/m1/s1. The number of rotatable bonds is 4. The molecule has 0 unspecified atom stereocenters. The fourth-order valence-corrected chi connectivity index (χ4v) is 2.86. The third-order valence-corrected chi connectivity index (χ3v) is 4.28. The van der Waals surface area contributed by atoms with E-state index in [1.54, 1.807) is 0 Å². The molecule has 0 saturated heterocycles. The summed E-state index contributed by atoms with van der Waals surface area (Å²) in [5.74, 6) is 0.308. The summed E-state index contributed by atoms with van der Waals surface area (Å²) in [6, 6.07) is 17.6. The second kappa shape index (κ2) is 6.32. The first kappa shape index (κ1) is 14.8. The van der Waals surface area contributed by atoms with Gasteiger partial charge < -0.3 is 0 Å². The van der Waals surface area contributed by atoms with Crippen LogP contribution in [0.15, 0.2) is 59.7 Å². The minimum absolute atomic E-state index is 0.0187. The lowest BCUT2D eigenvalue weighted by Gasteiger charge is -2.04. The van der Waals surface area contributed by atoms with Gasteiger partial charge in [0.1, 0.15) is 0 Å². The monoisotopic (exact) mass is 312 g/mol. The van der Waals surface area contributed by atoms with Gasteiger partial charge in [0.25, 0.3) is 0 Å². The van der Waals surface area contributed by atoms with E-state index < -0.39 is 0 Å². The highest BCUT2D eigenvalue weighted by molar-refractivity contribution is 6.34. The Labute approximate surface area is 135 Å². The van der Waals surface area contributed by atoms with Crippen LogP contribution >= 0.6 is 11.6 Å². The molecule has 1 aliphatic carbocycles. The first-order chi connectivity index (χ1) is 10.7. The highest BCUT2D eigenvalue weighted by Crippen LogP contribution is 2.47. The van der Waals surface area contributed by atoms with Crippen molar-refractivity contribution in [2.24, 2.45) is 11.0 Å². The van der Waals surface area contributed by atoms with E-state index in [4.69, 9.17) is 11.6 Å². The van der Waals surface area contributed by atoms with Gasteiger partial charge in [-0.05, 0) is 30.9 Å². The van der Waals surface area contributed by atoms with Crippen molar-refractivity contribution in [1.29, 1.82) is 0 Å². The number of benzene rings is 2. The number of nitrogens with zero attached hydrogens (tertiary/aromatic N) is 1. The number of hydrogen-bond acceptors (Lipinski definition) is 2. The lowest BCUT2D eigenvalue weighted by molar-refractivity contribution is -0.122. The Morgan fingerprint density at radius 3 is 2.55 bits per heavy atom. The molecular weight excluding hydrogens is 296 g/mol. The summed E-state index contributed by atoms with van der Waals surface area (Å²) < 4.78 is 0. The third-order valence-electron chi connectivity index (χ3n) is 3.95. The van der Waals surface area contributed by atoms with E-state index in [2.05, 4.69) is 22.7 Å². The molecule has 22 heavy (non-hydrogen) atoms. The molecule has 1 aliphatic rings. The Morgan fingerprint density at radius 2 is 1.82 bits per heavy atom. The lowest BCUT2D eigenvalue weighted by atomic mass is 10.1. The molecule has 2 atom stereocenters. The van der Waals surface area contributed by atoms with Crippen molar-refractivity contribution < 1.29 is 4.79 Å². The molecule has 112 valence electrons. The molecule has 1 amide bonds. The van der Waals surface area contributed by atoms with Gasteiger partial charge in [-0.1, -0.05) is 60.1 Å². The Balaban J connectivity index is 1.62. The van der Waals surface area contributed by atoms with Crippen molar-refractivity contribution in [3.8, 4) is 0 Å². The fourth-order valence-electron chi connectivity index (χ4n) is 2.59. The summed E-state index contributed by atoms with van der Waals surface area (Å²) in [7, 11) is 0. The van der Waals surface area contributed by atoms with Crippen LogP contribution in [0.3, 0.4) is 0 Å². The number of hydrogen-bond donors (Lipinski definition) is 1. The lowest BCUT2D eigenvalue weighted by Crippen LogP contribution is -2.21. The maximum Gasteiger partial charge on any atom is 0.243 e. The predicted molar refractivity (Wildman–Crippen MR) is 89.1 cm³/mol. The van der Waals surface area contributed by atoms with Gasteiger partial charge in [-0.25, -0.2) is 5.43 Å². The summed E-state index contributed by atoms with van der Waals surface area (Å²) in [6.45, 7) is 1.84. The van der Waals surface area contributed by atoms with Crippen LogP contribution in [0, 0.1) is 5.92 Å². The Bertz CT molecular complexity index is 712. The molecule has 0 aromatic heterocycles. The van der Waals surface area contributed by atoms with Crippen LogP contribution in [-0.2, 0) is 4.79 Å². The number of nitrogens with one attached hydrogen (secondary N) is 1. The van der Waals surface area contributed by atoms with Crippen molar-refractivity contribution in [1.82, 2.24) is 5.43 Å². The van der Waals surface area contributed by atoms with E-state index in [0.29, 0.717) is 16.7 Å². The minimum Gasteiger partial charge on any atom is -0.273 e. The number of halogens is 1. The van der Waals surface area contributed by atoms with Gasteiger partial charge in [-0.15, -0.1) is 0 Å². The second-order valence-corrected chi connectivity index (χ2v) is 5.92. The van der Waals surface area contributed by atoms with E-state index in [0.717, 1.165) is 12.0 Å². The zero-order valence-corrected chi connectivity index (χ0v) is 13.0. The van der Waals surface area contributed by atoms with Crippen LogP contribution in [0.2, 0.25) is 5.02 Å². The molecule has 0 radical (unpaired) electrons. The molecule has 4 heteroatoms. The largest absolute Gasteiger partial charge is 0.273 e. The third kappa shape index (κ3) is 3.20. The van der Waals surface area contributed by atoms with Crippen molar-refractivity contribution >= 4 is 23.2 Å². The molecule has 3 rings (SSSR count). The van der Waals surface area contributed by atoms with Crippen LogP contribution in [-0.4, -0.2) is 11.6 Å². The Morgan fingerprint density at radius 1 is 1.14 bits per heavy atom. The SMILES string of the molecule is C/C(=N\NC(=O)[C@@H]1C[C@@H]1c1ccccc1)c1ccccc1Cl. The van der Waals surface area contributed by atoms with Gasteiger partial charge in [-0.3, -0.25) is 4.79 Å². The molecule has 2 aromatic rings. The summed E-state index contributed by atoms with van der Waals surface area (Å²) in [4.78, 5) is 12.2. The molecule has 1 fully saturated rings. The number of carbonyl (C=O) groups is 1. The van der Waals surface area contributed by atoms with Gasteiger partial charge in [0.05, 0.1) is 5.71 Å². The first-order valence-corrected chi connectivity index (χ1v) is 7.68. The van der Waals surface area contributed by atoms with Crippen LogP contribution < -0.4 is 5.43 Å². The molecule has 3 nitrogen and oxygen atoms in total. The maximum atomic E-state index is 12.2. The van der Waals surface area contributed by atoms with E-state index in [-0.39, 0.29) is 11.8 Å². The van der Waals surface area contributed by atoms with Crippen LogP contribution in [0.1, 0.15) is 30.4 Å². The van der Waals surface area contributed by atoms with Crippen molar-refractivity contribution in [3.05, 3.63) is 70.7 Å². The van der Waals surface area contributed by atoms with Gasteiger partial charge in [-0.2, -0.15) is 5.10 Å². The van der Waals surface area contributed by atoms with Crippen LogP contribution in [0.5, 0.6) is 0 Å². The van der Waals surface area contributed by atoms with E-state index in [1.807, 2.05) is 49.4 Å². The zero-order valence-electron chi connectivity index (χ0n) is 12.3. The molecule has 0 heterocycles. The summed E-state index contributed by atoms with van der Waals surface area (Å²) >= 11 is 6.12. The maximum absolute atomic E-state index is 12.2. The van der Waals surface area contributed by atoms with E-state index in [9.17, 15) is 4.79 Å². The average molecular weight is 313 g/mol. The summed E-state index contributed by atoms with van der Waals surface area (Å²) in [5.41, 5.74) is 5.42.